The predicted octanol–water partition coefficient (Wildman–Crippen LogP) is 4.22. The fourth-order valence-corrected chi connectivity index (χ4v) is 2.51. The highest BCUT2D eigenvalue weighted by Gasteiger charge is 2.02. The fraction of sp³-hybridized carbons (Fsp3) is 0.0909. The van der Waals surface area contributed by atoms with Gasteiger partial charge in [0.15, 0.2) is 0 Å². The molecule has 0 amide bonds. The Balaban J connectivity index is 2.76. The summed E-state index contributed by atoms with van der Waals surface area (Å²) in [7, 11) is 1.69. The van der Waals surface area contributed by atoms with Crippen molar-refractivity contribution in [1.82, 2.24) is 0 Å². The van der Waals surface area contributed by atoms with Crippen LogP contribution in [0.3, 0.4) is 0 Å². The Labute approximate surface area is 105 Å². The number of halogens is 2. The third-order valence-electron chi connectivity index (χ3n) is 2.08. The van der Waals surface area contributed by atoms with E-state index in [2.05, 4.69) is 50.7 Å². The molecule has 0 saturated carbocycles. The fourth-order valence-electron chi connectivity index (χ4n) is 1.38. The van der Waals surface area contributed by atoms with Crippen molar-refractivity contribution < 1.29 is 4.74 Å². The minimum atomic E-state index is 0.907. The minimum absolute atomic E-state index is 0.907. The van der Waals surface area contributed by atoms with E-state index in [9.17, 15) is 0 Å². The van der Waals surface area contributed by atoms with Gasteiger partial charge in [-0.3, -0.25) is 0 Å². The Hall–Kier alpha value is -0.290. The van der Waals surface area contributed by atoms with Crippen LogP contribution < -0.4 is 4.74 Å². The molecule has 0 atom stereocenters. The lowest BCUT2D eigenvalue weighted by atomic mass is 10.1. The van der Waals surface area contributed by atoms with Crippen LogP contribution in [-0.4, -0.2) is 7.11 Å². The summed E-state index contributed by atoms with van der Waals surface area (Å²) in [5, 5.41) is 2.46. The van der Waals surface area contributed by atoms with Gasteiger partial charge in [0.25, 0.3) is 0 Å². The predicted molar refractivity (Wildman–Crippen MR) is 70.9 cm³/mol. The van der Waals surface area contributed by atoms with Crippen molar-refractivity contribution in [1.29, 1.82) is 0 Å². The maximum absolute atomic E-state index is 5.22. The Bertz CT molecular complexity index is 482. The van der Waals surface area contributed by atoms with Crippen LogP contribution in [0.4, 0.5) is 0 Å². The van der Waals surface area contributed by atoms with Crippen LogP contribution in [-0.2, 0) is 0 Å². The second kappa shape index (κ2) is 4.06. The molecule has 0 fully saturated rings. The number of ether oxygens (including phenoxy) is 1. The number of benzene rings is 2. The molecule has 0 aliphatic heterocycles. The lowest BCUT2D eigenvalue weighted by Crippen LogP contribution is -1.85. The second-order valence-electron chi connectivity index (χ2n) is 2.97. The van der Waals surface area contributed by atoms with Gasteiger partial charge in [0.05, 0.1) is 7.11 Å². The van der Waals surface area contributed by atoms with Gasteiger partial charge in [0.2, 0.25) is 0 Å². The largest absolute Gasteiger partial charge is 0.497 e. The van der Waals surface area contributed by atoms with Crippen molar-refractivity contribution in [3.8, 4) is 5.75 Å². The molecule has 0 aliphatic carbocycles. The normalized spacial score (nSPS) is 10.5. The molecule has 0 spiro atoms. The number of hydrogen-bond acceptors (Lipinski definition) is 1. The molecular formula is C11H8BrIO. The third-order valence-corrected chi connectivity index (χ3v) is 3.46. The van der Waals surface area contributed by atoms with Crippen molar-refractivity contribution in [2.45, 2.75) is 0 Å². The molecule has 2 aromatic carbocycles. The second-order valence-corrected chi connectivity index (χ2v) is 5.05. The third kappa shape index (κ3) is 1.88. The van der Waals surface area contributed by atoms with Gasteiger partial charge in [0.1, 0.15) is 5.75 Å². The average Bonchev–Trinajstić information content (AvgIpc) is 2.19. The monoisotopic (exact) mass is 362 g/mol. The highest BCUT2D eigenvalue weighted by molar-refractivity contribution is 14.1. The first kappa shape index (κ1) is 10.2. The van der Waals surface area contributed by atoms with Crippen LogP contribution >= 0.6 is 38.5 Å². The van der Waals surface area contributed by atoms with Gasteiger partial charge in [-0.15, -0.1) is 0 Å². The lowest BCUT2D eigenvalue weighted by molar-refractivity contribution is 0.415. The summed E-state index contributed by atoms with van der Waals surface area (Å²) in [6.45, 7) is 0. The summed E-state index contributed by atoms with van der Waals surface area (Å²) in [6.07, 6.45) is 0. The Morgan fingerprint density at radius 1 is 1.21 bits per heavy atom. The Morgan fingerprint density at radius 2 is 2.00 bits per heavy atom. The molecule has 0 aromatic heterocycles. The number of hydrogen-bond donors (Lipinski definition) is 0. The quantitative estimate of drug-likeness (QED) is 0.690. The first-order valence-corrected chi connectivity index (χ1v) is 6.00. The van der Waals surface area contributed by atoms with Crippen LogP contribution in [0.15, 0.2) is 34.8 Å². The number of fused-ring (bicyclic) bond motifs is 1. The first-order chi connectivity index (χ1) is 6.70. The van der Waals surface area contributed by atoms with Crippen molar-refractivity contribution in [2.75, 3.05) is 7.11 Å². The van der Waals surface area contributed by atoms with E-state index < -0.39 is 0 Å². The van der Waals surface area contributed by atoms with Gasteiger partial charge in [-0.1, -0.05) is 22.0 Å². The Kier molecular flexibility index (Phi) is 2.97. The molecule has 0 unspecified atom stereocenters. The van der Waals surface area contributed by atoms with Crippen molar-refractivity contribution in [2.24, 2.45) is 0 Å². The molecular weight excluding hydrogens is 355 g/mol. The summed E-state index contributed by atoms with van der Waals surface area (Å²) >= 11 is 5.79. The van der Waals surface area contributed by atoms with Gasteiger partial charge < -0.3 is 4.74 Å². The minimum Gasteiger partial charge on any atom is -0.497 e. The van der Waals surface area contributed by atoms with E-state index in [0.29, 0.717) is 0 Å². The van der Waals surface area contributed by atoms with Crippen LogP contribution in [0.25, 0.3) is 10.8 Å². The van der Waals surface area contributed by atoms with E-state index in [1.54, 1.807) is 7.11 Å². The molecule has 0 N–H and O–H groups in total. The van der Waals surface area contributed by atoms with Crippen LogP contribution in [0, 0.1) is 3.57 Å². The van der Waals surface area contributed by atoms with E-state index in [1.165, 1.54) is 14.3 Å². The molecule has 14 heavy (non-hydrogen) atoms. The summed E-state index contributed by atoms with van der Waals surface area (Å²) < 4.78 is 7.53. The molecule has 0 heterocycles. The van der Waals surface area contributed by atoms with Crippen molar-refractivity contribution in [3.63, 3.8) is 0 Å². The standard InChI is InChI=1S/C11H8BrIO/c1-14-9-4-7-2-3-8(12)5-10(7)11(13)6-9/h2-6H,1H3. The molecule has 3 heteroatoms. The molecule has 0 saturated heterocycles. The summed E-state index contributed by atoms with van der Waals surface area (Å²) in [6, 6.07) is 10.3. The highest BCUT2D eigenvalue weighted by Crippen LogP contribution is 2.28. The van der Waals surface area contributed by atoms with E-state index in [-0.39, 0.29) is 0 Å². The van der Waals surface area contributed by atoms with E-state index in [1.807, 2.05) is 18.2 Å². The Morgan fingerprint density at radius 3 is 2.71 bits per heavy atom. The summed E-state index contributed by atoms with van der Waals surface area (Å²) in [4.78, 5) is 0. The molecule has 2 rings (SSSR count). The molecule has 0 aliphatic rings. The zero-order valence-electron chi connectivity index (χ0n) is 7.55. The van der Waals surface area contributed by atoms with Crippen LogP contribution in [0.1, 0.15) is 0 Å². The average molecular weight is 363 g/mol. The van der Waals surface area contributed by atoms with E-state index in [0.717, 1.165) is 10.2 Å². The van der Waals surface area contributed by atoms with Crippen molar-refractivity contribution >= 4 is 49.3 Å². The summed E-state index contributed by atoms with van der Waals surface area (Å²) in [5.41, 5.74) is 0. The van der Waals surface area contributed by atoms with Crippen molar-refractivity contribution in [3.05, 3.63) is 38.4 Å². The molecule has 72 valence electrons. The van der Waals surface area contributed by atoms with Crippen LogP contribution in [0.2, 0.25) is 0 Å². The molecule has 2 aromatic rings. The van der Waals surface area contributed by atoms with Gasteiger partial charge in [-0.05, 0) is 57.6 Å². The van der Waals surface area contributed by atoms with Gasteiger partial charge in [-0.2, -0.15) is 0 Å². The first-order valence-electron chi connectivity index (χ1n) is 4.13. The van der Waals surface area contributed by atoms with Gasteiger partial charge in [-0.25, -0.2) is 0 Å². The SMILES string of the molecule is COc1cc(I)c2cc(Br)ccc2c1. The zero-order valence-corrected chi connectivity index (χ0v) is 11.3. The van der Waals surface area contributed by atoms with E-state index in [4.69, 9.17) is 4.74 Å². The smallest absolute Gasteiger partial charge is 0.120 e. The van der Waals surface area contributed by atoms with Crippen LogP contribution in [0.5, 0.6) is 5.75 Å². The molecule has 1 nitrogen and oxygen atoms in total. The van der Waals surface area contributed by atoms with Gasteiger partial charge in [0, 0.05) is 8.04 Å². The van der Waals surface area contributed by atoms with Gasteiger partial charge >= 0.3 is 0 Å². The number of methoxy groups -OCH3 is 1. The van der Waals surface area contributed by atoms with E-state index >= 15 is 0 Å². The highest BCUT2D eigenvalue weighted by atomic mass is 127. The number of rotatable bonds is 1. The molecule has 0 radical (unpaired) electrons. The summed E-state index contributed by atoms with van der Waals surface area (Å²) in [5.74, 6) is 0.907. The topological polar surface area (TPSA) is 9.23 Å². The maximum Gasteiger partial charge on any atom is 0.120 e. The molecule has 0 bridgehead atoms. The lowest BCUT2D eigenvalue weighted by Gasteiger charge is -2.05. The maximum atomic E-state index is 5.22. The zero-order chi connectivity index (χ0) is 10.1.